The molecule has 0 unspecified atom stereocenters. The fourth-order valence-electron chi connectivity index (χ4n) is 2.74. The Bertz CT molecular complexity index is 826. The Morgan fingerprint density at radius 2 is 1.81 bits per heavy atom. The molecule has 1 aromatic heterocycles. The number of hydrogen-bond donors (Lipinski definition) is 1. The van der Waals surface area contributed by atoms with Gasteiger partial charge in [-0.3, -0.25) is 4.79 Å². The van der Waals surface area contributed by atoms with Crippen LogP contribution in [-0.4, -0.2) is 24.5 Å². The lowest BCUT2D eigenvalue weighted by atomic mass is 9.85. The molecule has 2 aromatic rings. The van der Waals surface area contributed by atoms with Crippen LogP contribution in [0.3, 0.4) is 0 Å². The summed E-state index contributed by atoms with van der Waals surface area (Å²) in [6, 6.07) is 9.35. The van der Waals surface area contributed by atoms with Crippen molar-refractivity contribution in [3.8, 4) is 11.1 Å². The number of benzene rings is 1. The lowest BCUT2D eigenvalue weighted by Crippen LogP contribution is -2.31. The van der Waals surface area contributed by atoms with Crippen LogP contribution in [-0.2, 0) is 14.3 Å². The van der Waals surface area contributed by atoms with E-state index in [0.717, 1.165) is 5.56 Å². The summed E-state index contributed by atoms with van der Waals surface area (Å²) in [4.78, 5) is 35.7. The molecule has 0 aliphatic rings. The second-order valence-electron chi connectivity index (χ2n) is 6.88. The standard InChI is InChI=1S/C20H23NO5S/c1-4-26-19(25)17-14(13-8-6-5-7-9-13)12-27-18(17)21-15(22)10-20(2,3)11-16(23)24/h5-9,12H,4,10-11H2,1-3H3,(H,21,22)(H,23,24)/p-1. The fraction of sp³-hybridized carbons (Fsp3) is 0.350. The van der Waals surface area contributed by atoms with Crippen molar-refractivity contribution in [1.82, 2.24) is 0 Å². The first-order valence-electron chi connectivity index (χ1n) is 8.57. The highest BCUT2D eigenvalue weighted by Gasteiger charge is 2.26. The average molecular weight is 388 g/mol. The minimum Gasteiger partial charge on any atom is -0.550 e. The highest BCUT2D eigenvalue weighted by atomic mass is 32.1. The van der Waals surface area contributed by atoms with E-state index >= 15 is 0 Å². The molecule has 0 radical (unpaired) electrons. The molecule has 27 heavy (non-hydrogen) atoms. The van der Waals surface area contributed by atoms with E-state index in [4.69, 9.17) is 4.74 Å². The van der Waals surface area contributed by atoms with Gasteiger partial charge in [-0.15, -0.1) is 11.3 Å². The molecule has 1 N–H and O–H groups in total. The summed E-state index contributed by atoms with van der Waals surface area (Å²) in [7, 11) is 0. The smallest absolute Gasteiger partial charge is 0.341 e. The van der Waals surface area contributed by atoms with Crippen molar-refractivity contribution in [2.45, 2.75) is 33.6 Å². The van der Waals surface area contributed by atoms with Crippen molar-refractivity contribution < 1.29 is 24.2 Å². The quantitative estimate of drug-likeness (QED) is 0.701. The first-order valence-corrected chi connectivity index (χ1v) is 9.45. The molecule has 0 aliphatic carbocycles. The minimum atomic E-state index is -1.21. The summed E-state index contributed by atoms with van der Waals surface area (Å²) in [6.45, 7) is 5.29. The van der Waals surface area contributed by atoms with Gasteiger partial charge in [0.25, 0.3) is 0 Å². The molecule has 7 heteroatoms. The summed E-state index contributed by atoms with van der Waals surface area (Å²) in [5.74, 6) is -2.09. The van der Waals surface area contributed by atoms with Gasteiger partial charge in [0, 0.05) is 23.3 Å². The van der Waals surface area contributed by atoms with Crippen LogP contribution in [0, 0.1) is 5.41 Å². The van der Waals surface area contributed by atoms with E-state index in [1.54, 1.807) is 26.2 Å². The first kappa shape index (κ1) is 20.6. The van der Waals surface area contributed by atoms with Gasteiger partial charge in [-0.05, 0) is 24.3 Å². The van der Waals surface area contributed by atoms with Crippen LogP contribution in [0.15, 0.2) is 35.7 Å². The van der Waals surface area contributed by atoms with Crippen LogP contribution in [0.2, 0.25) is 0 Å². The zero-order valence-corrected chi connectivity index (χ0v) is 16.4. The highest BCUT2D eigenvalue weighted by Crippen LogP contribution is 2.36. The van der Waals surface area contributed by atoms with E-state index in [9.17, 15) is 19.5 Å². The van der Waals surface area contributed by atoms with Crippen molar-refractivity contribution in [1.29, 1.82) is 0 Å². The zero-order chi connectivity index (χ0) is 20.0. The molecular weight excluding hydrogens is 366 g/mol. The van der Waals surface area contributed by atoms with E-state index in [2.05, 4.69) is 5.32 Å². The van der Waals surface area contributed by atoms with Gasteiger partial charge >= 0.3 is 5.97 Å². The fourth-order valence-corrected chi connectivity index (χ4v) is 3.72. The molecule has 0 fully saturated rings. The van der Waals surface area contributed by atoms with Crippen molar-refractivity contribution in [3.63, 3.8) is 0 Å². The molecule has 6 nitrogen and oxygen atoms in total. The zero-order valence-electron chi connectivity index (χ0n) is 15.5. The van der Waals surface area contributed by atoms with Crippen LogP contribution >= 0.6 is 11.3 Å². The number of ether oxygens (including phenoxy) is 1. The van der Waals surface area contributed by atoms with Gasteiger partial charge < -0.3 is 20.0 Å². The van der Waals surface area contributed by atoms with E-state index in [-0.39, 0.29) is 25.4 Å². The Morgan fingerprint density at radius 3 is 2.41 bits per heavy atom. The van der Waals surface area contributed by atoms with Gasteiger partial charge in [0.1, 0.15) is 10.6 Å². The molecule has 0 saturated carbocycles. The third-order valence-corrected chi connectivity index (χ3v) is 4.77. The van der Waals surface area contributed by atoms with E-state index in [1.165, 1.54) is 11.3 Å². The molecule has 2 rings (SSSR count). The number of carboxylic acids is 1. The molecule has 1 heterocycles. The topological polar surface area (TPSA) is 95.5 Å². The number of aliphatic carboxylic acids is 1. The predicted octanol–water partition coefficient (Wildman–Crippen LogP) is 3.09. The number of carbonyl (C=O) groups is 3. The van der Waals surface area contributed by atoms with Crippen LogP contribution in [0.5, 0.6) is 0 Å². The number of carboxylic acid groups (broad SMARTS) is 1. The van der Waals surface area contributed by atoms with E-state index in [1.807, 2.05) is 30.3 Å². The van der Waals surface area contributed by atoms with Gasteiger partial charge in [0.2, 0.25) is 5.91 Å². The van der Waals surface area contributed by atoms with Gasteiger partial charge in [0.15, 0.2) is 0 Å². The van der Waals surface area contributed by atoms with Gasteiger partial charge in [0.05, 0.1) is 6.61 Å². The van der Waals surface area contributed by atoms with Crippen LogP contribution in [0.4, 0.5) is 5.00 Å². The van der Waals surface area contributed by atoms with E-state index < -0.39 is 17.4 Å². The Labute approximate surface area is 162 Å². The normalized spacial score (nSPS) is 11.1. The number of thiophene rings is 1. The molecular formula is C20H22NO5S-. The summed E-state index contributed by atoms with van der Waals surface area (Å²) < 4.78 is 5.15. The molecule has 0 bridgehead atoms. The van der Waals surface area contributed by atoms with Gasteiger partial charge in [-0.1, -0.05) is 44.2 Å². The predicted molar refractivity (Wildman–Crippen MR) is 102 cm³/mol. The van der Waals surface area contributed by atoms with Gasteiger partial charge in [-0.2, -0.15) is 0 Å². The lowest BCUT2D eigenvalue weighted by Gasteiger charge is -2.24. The molecule has 144 valence electrons. The van der Waals surface area contributed by atoms with Crippen LogP contribution < -0.4 is 10.4 Å². The van der Waals surface area contributed by atoms with E-state index in [0.29, 0.717) is 16.1 Å². The second kappa shape index (κ2) is 8.81. The number of rotatable bonds is 8. The minimum absolute atomic E-state index is 0.0121. The molecule has 0 saturated heterocycles. The highest BCUT2D eigenvalue weighted by molar-refractivity contribution is 7.15. The Balaban J connectivity index is 2.29. The molecule has 1 amide bonds. The number of nitrogens with one attached hydrogen (secondary N) is 1. The van der Waals surface area contributed by atoms with Gasteiger partial charge in [-0.25, -0.2) is 4.79 Å². The maximum atomic E-state index is 12.5. The summed E-state index contributed by atoms with van der Waals surface area (Å²) in [5.41, 5.74) is 1.07. The molecule has 0 atom stereocenters. The third kappa shape index (κ3) is 5.65. The number of carbonyl (C=O) groups excluding carboxylic acids is 3. The van der Waals surface area contributed by atoms with Crippen molar-refractivity contribution in [2.75, 3.05) is 11.9 Å². The first-order chi connectivity index (χ1) is 12.7. The molecule has 1 aromatic carbocycles. The average Bonchev–Trinajstić information content (AvgIpc) is 2.97. The molecule has 0 aliphatic heterocycles. The largest absolute Gasteiger partial charge is 0.550 e. The second-order valence-corrected chi connectivity index (χ2v) is 7.76. The number of amides is 1. The van der Waals surface area contributed by atoms with Crippen molar-refractivity contribution in [2.24, 2.45) is 5.41 Å². The van der Waals surface area contributed by atoms with Crippen LogP contribution in [0.25, 0.3) is 11.1 Å². The van der Waals surface area contributed by atoms with Crippen LogP contribution in [0.1, 0.15) is 44.0 Å². The Kier molecular flexibility index (Phi) is 6.74. The maximum absolute atomic E-state index is 12.5. The Hall–Kier alpha value is -2.67. The maximum Gasteiger partial charge on any atom is 0.341 e. The van der Waals surface area contributed by atoms with Crippen molar-refractivity contribution in [3.05, 3.63) is 41.3 Å². The number of hydrogen-bond acceptors (Lipinski definition) is 6. The third-order valence-electron chi connectivity index (χ3n) is 3.87. The SMILES string of the molecule is CCOC(=O)c1c(-c2ccccc2)csc1NC(=O)CC(C)(C)CC(=O)[O-]. The summed E-state index contributed by atoms with van der Waals surface area (Å²) in [6.07, 6.45) is -0.243. The van der Waals surface area contributed by atoms with Crippen molar-refractivity contribution >= 4 is 34.2 Å². The Morgan fingerprint density at radius 1 is 1.15 bits per heavy atom. The number of esters is 1. The summed E-state index contributed by atoms with van der Waals surface area (Å²) >= 11 is 1.23. The number of anilines is 1. The monoisotopic (exact) mass is 388 g/mol. The summed E-state index contributed by atoms with van der Waals surface area (Å²) in [5, 5.41) is 15.7. The lowest BCUT2D eigenvalue weighted by molar-refractivity contribution is -0.307. The molecule has 0 spiro atoms.